The lowest BCUT2D eigenvalue weighted by molar-refractivity contribution is -0.142. The first-order chi connectivity index (χ1) is 33.3. The molecule has 0 unspecified atom stereocenters. The molecular weight excluding hydrogens is 885 g/mol. The van der Waals surface area contributed by atoms with Gasteiger partial charge in [-0.3, -0.25) is 24.0 Å². The van der Waals surface area contributed by atoms with Crippen molar-refractivity contribution in [3.05, 3.63) is 88.7 Å². The zero-order chi connectivity index (χ0) is 49.6. The fourth-order valence-electron chi connectivity index (χ4n) is 8.55. The minimum Gasteiger partial charge on any atom is -0.492 e. The van der Waals surface area contributed by atoms with Crippen LogP contribution in [0.4, 0.5) is 0 Å². The normalized spacial score (nSPS) is 17.7. The third kappa shape index (κ3) is 12.9. The van der Waals surface area contributed by atoms with Crippen molar-refractivity contribution in [1.82, 2.24) is 36.1 Å². The van der Waals surface area contributed by atoms with Gasteiger partial charge in [0.15, 0.2) is 5.82 Å². The van der Waals surface area contributed by atoms with Crippen molar-refractivity contribution in [1.29, 1.82) is 5.26 Å². The maximum Gasteiger partial charge on any atom is 0.255 e. The van der Waals surface area contributed by atoms with Crippen molar-refractivity contribution in [2.45, 2.75) is 96.0 Å². The number of fused-ring (bicyclic) bond motifs is 5. The zero-order valence-electron chi connectivity index (χ0n) is 39.5. The number of nitriles is 1. The highest BCUT2D eigenvalue weighted by Crippen LogP contribution is 2.40. The van der Waals surface area contributed by atoms with Crippen molar-refractivity contribution in [2.24, 2.45) is 11.5 Å². The van der Waals surface area contributed by atoms with Crippen LogP contribution in [0.3, 0.4) is 0 Å². The number of aryl methyl sites for hydroxylation is 2. The van der Waals surface area contributed by atoms with Crippen molar-refractivity contribution in [3.8, 4) is 45.8 Å². The first kappa shape index (κ1) is 51.3. The topological polar surface area (TPSA) is 286 Å². The summed E-state index contributed by atoms with van der Waals surface area (Å²) in [6.07, 6.45) is 5.55. The molecule has 2 aliphatic rings. The number of hydrogen-bond acceptors (Lipinski definition) is 14. The highest BCUT2D eigenvalue weighted by Gasteiger charge is 2.36. The van der Waals surface area contributed by atoms with Crippen LogP contribution in [-0.4, -0.2) is 120 Å². The molecule has 19 nitrogen and oxygen atoms in total. The van der Waals surface area contributed by atoms with Crippen LogP contribution in [0.1, 0.15) is 84.4 Å². The van der Waals surface area contributed by atoms with Crippen LogP contribution in [0.15, 0.2) is 60.7 Å². The van der Waals surface area contributed by atoms with Crippen LogP contribution >= 0.6 is 0 Å². The van der Waals surface area contributed by atoms with Gasteiger partial charge in [0, 0.05) is 49.9 Å². The number of aliphatic hydroxyl groups excluding tert-OH is 1. The lowest BCUT2D eigenvalue weighted by Gasteiger charge is -2.32. The molecule has 4 aromatic rings. The van der Waals surface area contributed by atoms with Gasteiger partial charge in [-0.2, -0.15) is 5.26 Å². The van der Waals surface area contributed by atoms with Crippen molar-refractivity contribution < 1.29 is 43.3 Å². The van der Waals surface area contributed by atoms with Crippen LogP contribution in [0.25, 0.3) is 22.5 Å². The molecule has 1 aliphatic heterocycles. The smallest absolute Gasteiger partial charge is 0.255 e. The van der Waals surface area contributed by atoms with E-state index in [0.29, 0.717) is 45.4 Å². The van der Waals surface area contributed by atoms with E-state index in [1.54, 1.807) is 50.2 Å². The molecule has 4 bridgehead atoms. The van der Waals surface area contributed by atoms with Crippen molar-refractivity contribution >= 4 is 29.5 Å². The molecule has 0 saturated heterocycles. The third-order valence-electron chi connectivity index (χ3n) is 12.0. The lowest BCUT2D eigenvalue weighted by Crippen LogP contribution is -2.56. The molecule has 366 valence electrons. The van der Waals surface area contributed by atoms with E-state index in [-0.39, 0.29) is 62.9 Å². The van der Waals surface area contributed by atoms with Gasteiger partial charge in [0.2, 0.25) is 23.6 Å². The average molecular weight is 947 g/mol. The third-order valence-corrected chi connectivity index (χ3v) is 12.0. The van der Waals surface area contributed by atoms with Crippen molar-refractivity contribution in [3.63, 3.8) is 0 Å². The Morgan fingerprint density at radius 3 is 2.16 bits per heavy atom. The van der Waals surface area contributed by atoms with Gasteiger partial charge in [-0.25, -0.2) is 9.97 Å². The Hall–Kier alpha value is -7.14. The van der Waals surface area contributed by atoms with Gasteiger partial charge in [-0.1, -0.05) is 18.6 Å². The van der Waals surface area contributed by atoms with Crippen molar-refractivity contribution in [2.75, 3.05) is 46.5 Å². The summed E-state index contributed by atoms with van der Waals surface area (Å²) in [6.45, 7) is 4.56. The van der Waals surface area contributed by atoms with Crippen LogP contribution < -0.4 is 46.9 Å². The van der Waals surface area contributed by atoms with Gasteiger partial charge in [-0.05, 0) is 113 Å². The fourth-order valence-corrected chi connectivity index (χ4v) is 8.55. The van der Waals surface area contributed by atoms with Gasteiger partial charge in [0.05, 0.1) is 29.1 Å². The summed E-state index contributed by atoms with van der Waals surface area (Å²) in [4.78, 5) is 81.0. The molecule has 9 N–H and O–H groups in total. The molecule has 69 heavy (non-hydrogen) atoms. The Labute approximate surface area is 401 Å². The van der Waals surface area contributed by atoms with E-state index in [9.17, 15) is 34.3 Å². The number of amides is 5. The molecule has 1 fully saturated rings. The number of rotatable bonds is 17. The van der Waals surface area contributed by atoms with E-state index >= 15 is 0 Å². The first-order valence-electron chi connectivity index (χ1n) is 23.3. The number of nitrogens with two attached hydrogens (primary N) is 2. The second-order valence-corrected chi connectivity index (χ2v) is 17.1. The number of aliphatic hydroxyl groups is 1. The van der Waals surface area contributed by atoms with E-state index in [0.717, 1.165) is 41.9 Å². The summed E-state index contributed by atoms with van der Waals surface area (Å²) in [6, 6.07) is 14.2. The molecule has 1 aromatic heterocycles. The second-order valence-electron chi connectivity index (χ2n) is 17.1. The molecule has 4 atom stereocenters. The van der Waals surface area contributed by atoms with E-state index in [1.807, 2.05) is 30.3 Å². The number of nitrogens with one attached hydrogen (secondary N) is 4. The number of benzene rings is 3. The second kappa shape index (κ2) is 24.2. The lowest BCUT2D eigenvalue weighted by atomic mass is 9.93. The maximum atomic E-state index is 14.7. The Morgan fingerprint density at radius 2 is 1.54 bits per heavy atom. The standard InChI is InChI=1S/C50H62N10O9/c1-29-43(30(2)56-45(55-29)33-11-14-36(15-12-33)69-35-8-6-5-7-9-35)48(64)58-39(18-23-61)50(66)60(4)44-34-13-17-42(68-25-21-53)38(28-34)37-26-32(10-16-41(37)67-24-20-52)27-40(47(63)54-22-19-51)59-46(62)31(3)57-49(44)65/h10-17,26,28,31,35,39-40,44,61H,5-9,18,20-25,27,52-53H2,1-4H3,(H,54,63)(H,57,65)(H,58,64)(H,59,62)/t31-,39+,40-,44-/m0/s1. The fraction of sp³-hybridized carbons (Fsp3) is 0.440. The van der Waals surface area contributed by atoms with Crippen LogP contribution in [0.2, 0.25) is 0 Å². The molecule has 1 saturated carbocycles. The molecule has 6 rings (SSSR count). The largest absolute Gasteiger partial charge is 0.492 e. The zero-order valence-corrected chi connectivity index (χ0v) is 39.5. The number of carbonyl (C=O) groups excluding carboxylic acids is 5. The number of hydrogen-bond donors (Lipinski definition) is 7. The van der Waals surface area contributed by atoms with Gasteiger partial charge < -0.3 is 57.0 Å². The quantitative estimate of drug-likeness (QED) is 0.0750. The van der Waals surface area contributed by atoms with Gasteiger partial charge in [0.1, 0.15) is 61.2 Å². The number of aromatic nitrogens is 2. The molecule has 19 heteroatoms. The molecule has 0 spiro atoms. The molecule has 2 heterocycles. The Bertz CT molecular complexity index is 2500. The van der Waals surface area contributed by atoms with E-state index in [2.05, 4.69) is 31.2 Å². The van der Waals surface area contributed by atoms with Gasteiger partial charge in [-0.15, -0.1) is 0 Å². The number of ether oxygens (including phenoxy) is 3. The predicted octanol–water partition coefficient (Wildman–Crippen LogP) is 2.68. The Balaban J connectivity index is 1.34. The molecule has 5 amide bonds. The summed E-state index contributed by atoms with van der Waals surface area (Å²) in [7, 11) is 1.38. The molecule has 3 aromatic carbocycles. The average Bonchev–Trinajstić information content (AvgIpc) is 3.34. The van der Waals surface area contributed by atoms with Gasteiger partial charge >= 0.3 is 0 Å². The van der Waals surface area contributed by atoms with Crippen LogP contribution in [0, 0.1) is 25.2 Å². The van der Waals surface area contributed by atoms with E-state index < -0.39 is 60.3 Å². The van der Waals surface area contributed by atoms with E-state index in [1.165, 1.54) is 20.4 Å². The van der Waals surface area contributed by atoms with Gasteiger partial charge in [0.25, 0.3) is 5.91 Å². The summed E-state index contributed by atoms with van der Waals surface area (Å²) in [5, 5.41) is 30.0. The molecule has 1 aliphatic carbocycles. The summed E-state index contributed by atoms with van der Waals surface area (Å²) < 4.78 is 18.4. The SMILES string of the molecule is Cc1nc(-c2ccc(OC3CCCCC3)cc2)nc(C)c1C(=O)N[C@H](CCO)C(=O)N(C)[C@@H]1C(=O)N[C@@H](C)C(=O)N[C@H](C(=O)NCC#N)Cc2ccc(OCCN)c(c2)-c2cc1ccc2OCCN. The summed E-state index contributed by atoms with van der Waals surface area (Å²) in [5.41, 5.74) is 15.0. The predicted molar refractivity (Wildman–Crippen MR) is 256 cm³/mol. The Kier molecular flexibility index (Phi) is 18.0. The number of carbonyl (C=O) groups is 5. The minimum atomic E-state index is -1.45. The molecule has 0 radical (unpaired) electrons. The summed E-state index contributed by atoms with van der Waals surface area (Å²) in [5.74, 6) is -1.65. The van der Waals surface area contributed by atoms with E-state index in [4.69, 9.17) is 25.7 Å². The monoisotopic (exact) mass is 946 g/mol. The maximum absolute atomic E-state index is 14.7. The number of likely N-dealkylation sites (N-methyl/N-ethyl adjacent to an activating group) is 1. The highest BCUT2D eigenvalue weighted by atomic mass is 16.5. The number of nitrogens with zero attached hydrogens (tertiary/aromatic N) is 4. The first-order valence-corrected chi connectivity index (χ1v) is 23.3. The minimum absolute atomic E-state index is 0.0103. The summed E-state index contributed by atoms with van der Waals surface area (Å²) >= 11 is 0. The van der Waals surface area contributed by atoms with Crippen LogP contribution in [0.5, 0.6) is 17.2 Å². The Morgan fingerprint density at radius 1 is 0.899 bits per heavy atom. The van der Waals surface area contributed by atoms with Crippen LogP contribution in [-0.2, 0) is 25.6 Å². The highest BCUT2D eigenvalue weighted by molar-refractivity contribution is 6.00. The molecular formula is C50H62N10O9.